The Labute approximate surface area is 203 Å². The number of hydrogen-bond donors (Lipinski definition) is 2. The molecule has 0 unspecified atom stereocenters. The summed E-state index contributed by atoms with van der Waals surface area (Å²) in [4.78, 5) is 30.3. The fourth-order valence-corrected chi connectivity index (χ4v) is 4.23. The molecule has 1 aromatic heterocycles. The van der Waals surface area contributed by atoms with Crippen LogP contribution in [0.3, 0.4) is 0 Å². The lowest BCUT2D eigenvalue weighted by Gasteiger charge is -2.31. The van der Waals surface area contributed by atoms with E-state index < -0.39 is 22.1 Å². The third-order valence-corrected chi connectivity index (χ3v) is 6.59. The van der Waals surface area contributed by atoms with Crippen molar-refractivity contribution in [3.8, 4) is 11.4 Å². The van der Waals surface area contributed by atoms with Gasteiger partial charge in [0.25, 0.3) is 5.91 Å². The van der Waals surface area contributed by atoms with Crippen LogP contribution in [0.2, 0.25) is 0 Å². The van der Waals surface area contributed by atoms with E-state index in [4.69, 9.17) is 5.14 Å². The SMILES string of the molecule is NS(=O)(=O)c1ccc(NC(=O)C2CCN(C(=O)c3ccc(-c4noc(C(F)(F)F)n4)cc3)CC2)cc1. The number of anilines is 1. The summed E-state index contributed by atoms with van der Waals surface area (Å²) in [6.07, 6.45) is -3.90. The molecule has 0 bridgehead atoms. The Morgan fingerprint density at radius 3 is 2.17 bits per heavy atom. The number of nitrogens with two attached hydrogens (primary N) is 1. The number of primary sulfonamides is 1. The summed E-state index contributed by atoms with van der Waals surface area (Å²) in [7, 11) is -3.83. The van der Waals surface area contributed by atoms with Gasteiger partial charge in [0.1, 0.15) is 0 Å². The Hall–Kier alpha value is -3.78. The van der Waals surface area contributed by atoms with Crippen LogP contribution in [-0.2, 0) is 21.0 Å². The minimum Gasteiger partial charge on any atom is -0.339 e. The average molecular weight is 523 g/mol. The van der Waals surface area contributed by atoms with E-state index in [1.807, 2.05) is 0 Å². The maximum absolute atomic E-state index is 12.8. The van der Waals surface area contributed by atoms with Gasteiger partial charge in [0.15, 0.2) is 0 Å². The summed E-state index contributed by atoms with van der Waals surface area (Å²) in [5, 5.41) is 11.1. The summed E-state index contributed by atoms with van der Waals surface area (Å²) in [5.74, 6) is -2.55. The Morgan fingerprint density at radius 2 is 1.64 bits per heavy atom. The van der Waals surface area contributed by atoms with Crippen molar-refractivity contribution in [2.24, 2.45) is 11.1 Å². The van der Waals surface area contributed by atoms with Crippen LogP contribution < -0.4 is 10.5 Å². The lowest BCUT2D eigenvalue weighted by Crippen LogP contribution is -2.41. The third-order valence-electron chi connectivity index (χ3n) is 5.66. The summed E-state index contributed by atoms with van der Waals surface area (Å²) in [5.41, 5.74) is 1.02. The van der Waals surface area contributed by atoms with E-state index in [-0.39, 0.29) is 34.0 Å². The molecular weight excluding hydrogens is 503 g/mol. The minimum atomic E-state index is -4.75. The van der Waals surface area contributed by atoms with Crippen LogP contribution in [0.25, 0.3) is 11.4 Å². The van der Waals surface area contributed by atoms with E-state index in [2.05, 4.69) is 20.0 Å². The third kappa shape index (κ3) is 5.71. The molecule has 2 amide bonds. The second-order valence-corrected chi connectivity index (χ2v) is 9.68. The van der Waals surface area contributed by atoms with E-state index in [9.17, 15) is 31.2 Å². The van der Waals surface area contributed by atoms with Gasteiger partial charge >= 0.3 is 12.1 Å². The highest BCUT2D eigenvalue weighted by Gasteiger charge is 2.38. The number of nitrogens with zero attached hydrogens (tertiary/aromatic N) is 3. The van der Waals surface area contributed by atoms with Crippen molar-refractivity contribution in [3.63, 3.8) is 0 Å². The van der Waals surface area contributed by atoms with E-state index in [0.29, 0.717) is 37.2 Å². The number of rotatable bonds is 5. The number of alkyl halides is 3. The standard InChI is InChI=1S/C22H20F3N5O5S/c23-22(24,25)21-28-18(29-35-21)13-1-3-15(4-2-13)20(32)30-11-9-14(10-12-30)19(31)27-16-5-7-17(8-6-16)36(26,33)34/h1-8,14H,9-12H2,(H,27,31)(H2,26,33,34). The first-order chi connectivity index (χ1) is 16.9. The van der Waals surface area contributed by atoms with Gasteiger partial charge in [-0.15, -0.1) is 0 Å². The topological polar surface area (TPSA) is 148 Å². The molecule has 1 saturated heterocycles. The van der Waals surface area contributed by atoms with Gasteiger partial charge in [-0.3, -0.25) is 9.59 Å². The summed E-state index contributed by atoms with van der Waals surface area (Å²) in [6.45, 7) is 0.672. The quantitative estimate of drug-likeness (QED) is 0.522. The fraction of sp³-hybridized carbons (Fsp3) is 0.273. The van der Waals surface area contributed by atoms with E-state index >= 15 is 0 Å². The number of carbonyl (C=O) groups excluding carboxylic acids is 2. The van der Waals surface area contributed by atoms with Gasteiger partial charge in [0.2, 0.25) is 21.8 Å². The molecule has 36 heavy (non-hydrogen) atoms. The first kappa shape index (κ1) is 25.3. The number of halogens is 3. The van der Waals surface area contributed by atoms with Gasteiger partial charge < -0.3 is 14.7 Å². The average Bonchev–Trinajstić information content (AvgIpc) is 3.35. The number of likely N-dealkylation sites (tertiary alicyclic amines) is 1. The van der Waals surface area contributed by atoms with Crippen molar-refractivity contribution in [1.82, 2.24) is 15.0 Å². The first-order valence-corrected chi connectivity index (χ1v) is 12.2. The van der Waals surface area contributed by atoms with E-state index in [1.54, 1.807) is 4.90 Å². The highest BCUT2D eigenvalue weighted by molar-refractivity contribution is 7.89. The summed E-state index contributed by atoms with van der Waals surface area (Å²) in [6, 6.07) is 11.3. The van der Waals surface area contributed by atoms with Crippen LogP contribution in [0.4, 0.5) is 18.9 Å². The maximum atomic E-state index is 12.8. The van der Waals surface area contributed by atoms with Crippen molar-refractivity contribution in [3.05, 3.63) is 60.0 Å². The molecule has 190 valence electrons. The molecule has 3 aromatic rings. The second-order valence-electron chi connectivity index (χ2n) is 8.12. The molecule has 1 aliphatic rings. The Kier molecular flexibility index (Phi) is 6.82. The highest BCUT2D eigenvalue weighted by Crippen LogP contribution is 2.29. The first-order valence-electron chi connectivity index (χ1n) is 10.7. The van der Waals surface area contributed by atoms with Crippen LogP contribution in [0, 0.1) is 5.92 Å². The molecule has 0 radical (unpaired) electrons. The van der Waals surface area contributed by atoms with Crippen LogP contribution >= 0.6 is 0 Å². The Balaban J connectivity index is 1.32. The fourth-order valence-electron chi connectivity index (χ4n) is 3.72. The molecule has 0 aliphatic carbocycles. The highest BCUT2D eigenvalue weighted by atomic mass is 32.2. The lowest BCUT2D eigenvalue weighted by molar-refractivity contribution is -0.159. The zero-order valence-corrected chi connectivity index (χ0v) is 19.3. The Bertz CT molecular complexity index is 1360. The largest absolute Gasteiger partial charge is 0.471 e. The molecule has 4 rings (SSSR count). The number of benzene rings is 2. The van der Waals surface area contributed by atoms with Gasteiger partial charge in [-0.1, -0.05) is 17.3 Å². The van der Waals surface area contributed by atoms with Crippen molar-refractivity contribution in [2.45, 2.75) is 23.9 Å². The van der Waals surface area contributed by atoms with Crippen LogP contribution in [0.5, 0.6) is 0 Å². The Morgan fingerprint density at radius 1 is 1.03 bits per heavy atom. The predicted molar refractivity (Wildman–Crippen MR) is 120 cm³/mol. The van der Waals surface area contributed by atoms with Gasteiger partial charge in [0, 0.05) is 35.8 Å². The summed E-state index contributed by atoms with van der Waals surface area (Å²) >= 11 is 0. The normalized spacial score (nSPS) is 15.1. The molecule has 0 saturated carbocycles. The number of piperidine rings is 1. The summed E-state index contributed by atoms with van der Waals surface area (Å²) < 4.78 is 64.8. The van der Waals surface area contributed by atoms with Gasteiger partial charge in [-0.25, -0.2) is 13.6 Å². The van der Waals surface area contributed by atoms with E-state index in [0.717, 1.165) is 0 Å². The molecule has 10 nitrogen and oxygen atoms in total. The van der Waals surface area contributed by atoms with Crippen molar-refractivity contribution < 1.29 is 35.7 Å². The van der Waals surface area contributed by atoms with Gasteiger partial charge in [-0.05, 0) is 49.2 Å². The molecule has 14 heteroatoms. The van der Waals surface area contributed by atoms with E-state index in [1.165, 1.54) is 48.5 Å². The van der Waals surface area contributed by atoms with Crippen molar-refractivity contribution in [2.75, 3.05) is 18.4 Å². The smallest absolute Gasteiger partial charge is 0.339 e. The number of aromatic nitrogens is 2. The maximum Gasteiger partial charge on any atom is 0.471 e. The number of amides is 2. The lowest BCUT2D eigenvalue weighted by atomic mass is 9.95. The monoisotopic (exact) mass is 523 g/mol. The zero-order valence-electron chi connectivity index (χ0n) is 18.5. The molecule has 2 aromatic carbocycles. The minimum absolute atomic E-state index is 0.0660. The molecule has 3 N–H and O–H groups in total. The van der Waals surface area contributed by atoms with Crippen molar-refractivity contribution in [1.29, 1.82) is 0 Å². The number of hydrogen-bond acceptors (Lipinski definition) is 7. The zero-order chi connectivity index (χ0) is 26.1. The molecule has 0 spiro atoms. The van der Waals surface area contributed by atoms with Crippen LogP contribution in [0.15, 0.2) is 57.9 Å². The second kappa shape index (κ2) is 9.70. The predicted octanol–water partition coefficient (Wildman–Crippen LogP) is 2.89. The molecule has 1 aliphatic heterocycles. The molecule has 2 heterocycles. The number of carbonyl (C=O) groups is 2. The van der Waals surface area contributed by atoms with Gasteiger partial charge in [0.05, 0.1) is 4.90 Å². The van der Waals surface area contributed by atoms with Gasteiger partial charge in [-0.2, -0.15) is 18.2 Å². The molecule has 0 atom stereocenters. The number of sulfonamides is 1. The van der Waals surface area contributed by atoms with Crippen molar-refractivity contribution >= 4 is 27.5 Å². The van der Waals surface area contributed by atoms with Crippen LogP contribution in [-0.4, -0.2) is 48.4 Å². The van der Waals surface area contributed by atoms with Crippen LogP contribution in [0.1, 0.15) is 29.1 Å². The molecule has 1 fully saturated rings. The molecular formula is C22H20F3N5O5S. The number of nitrogens with one attached hydrogen (secondary N) is 1.